The van der Waals surface area contributed by atoms with Crippen LogP contribution in [0.3, 0.4) is 0 Å². The van der Waals surface area contributed by atoms with Gasteiger partial charge in [0.15, 0.2) is 0 Å². The second kappa shape index (κ2) is 6.22. The molecule has 0 aliphatic carbocycles. The Bertz CT molecular complexity index is 797. The van der Waals surface area contributed by atoms with Crippen molar-refractivity contribution in [2.45, 2.75) is 6.42 Å². The smallest absolute Gasteiger partial charge is 0.307 e. The minimum absolute atomic E-state index is 0.0268. The molecule has 3 heteroatoms. The van der Waals surface area contributed by atoms with E-state index in [-0.39, 0.29) is 6.42 Å². The molecule has 1 radical (unpaired) electrons. The molecule has 0 atom stereocenters. The number of rotatable bonds is 4. The van der Waals surface area contributed by atoms with Crippen LogP contribution in [0.5, 0.6) is 0 Å². The van der Waals surface area contributed by atoms with Crippen LogP contribution >= 0.6 is 0 Å². The fourth-order valence-electron chi connectivity index (χ4n) is 2.46. The van der Waals surface area contributed by atoms with Gasteiger partial charge in [-0.1, -0.05) is 54.6 Å². The van der Waals surface area contributed by atoms with Crippen LogP contribution in [0.4, 0.5) is 0 Å². The molecule has 0 aliphatic rings. The summed E-state index contributed by atoms with van der Waals surface area (Å²) in [4.78, 5) is 15.5. The highest BCUT2D eigenvalue weighted by molar-refractivity contribution is 5.83. The van der Waals surface area contributed by atoms with E-state index < -0.39 is 5.97 Å². The number of benzene rings is 2. The SMILES string of the molecule is O=C(O)Cc1ccccc1-c1ncc[c]c1-c1ccccc1. The first-order valence-corrected chi connectivity index (χ1v) is 6.98. The lowest BCUT2D eigenvalue weighted by molar-refractivity contribution is -0.136. The number of carboxylic acid groups (broad SMARTS) is 1. The Kier molecular flexibility index (Phi) is 3.97. The van der Waals surface area contributed by atoms with Gasteiger partial charge in [0.1, 0.15) is 0 Å². The molecule has 1 aromatic heterocycles. The Morgan fingerprint density at radius 3 is 2.55 bits per heavy atom. The van der Waals surface area contributed by atoms with Crippen LogP contribution in [-0.4, -0.2) is 16.1 Å². The van der Waals surface area contributed by atoms with Crippen molar-refractivity contribution in [3.05, 3.63) is 78.5 Å². The molecule has 3 aromatic rings. The van der Waals surface area contributed by atoms with Crippen LogP contribution in [0.2, 0.25) is 0 Å². The zero-order chi connectivity index (χ0) is 15.4. The summed E-state index contributed by atoms with van der Waals surface area (Å²) in [5, 5.41) is 9.10. The van der Waals surface area contributed by atoms with Gasteiger partial charge in [-0.25, -0.2) is 0 Å². The summed E-state index contributed by atoms with van der Waals surface area (Å²) in [6, 6.07) is 22.3. The van der Waals surface area contributed by atoms with Gasteiger partial charge in [0.25, 0.3) is 0 Å². The molecule has 22 heavy (non-hydrogen) atoms. The molecule has 0 saturated heterocycles. The number of aliphatic carboxylic acids is 1. The number of hydrogen-bond acceptors (Lipinski definition) is 2. The topological polar surface area (TPSA) is 50.2 Å². The highest BCUT2D eigenvalue weighted by Crippen LogP contribution is 2.31. The van der Waals surface area contributed by atoms with Crippen LogP contribution in [0.1, 0.15) is 5.56 Å². The molecule has 2 aromatic carbocycles. The summed E-state index contributed by atoms with van der Waals surface area (Å²) in [5.74, 6) is -0.853. The van der Waals surface area contributed by atoms with Gasteiger partial charge < -0.3 is 5.11 Å². The molecule has 0 bridgehead atoms. The molecule has 3 nitrogen and oxygen atoms in total. The van der Waals surface area contributed by atoms with Gasteiger partial charge in [0.05, 0.1) is 12.1 Å². The average molecular weight is 288 g/mol. The highest BCUT2D eigenvalue weighted by Gasteiger charge is 2.13. The van der Waals surface area contributed by atoms with E-state index in [2.05, 4.69) is 11.1 Å². The van der Waals surface area contributed by atoms with E-state index in [0.29, 0.717) is 0 Å². The summed E-state index contributed by atoms with van der Waals surface area (Å²) in [7, 11) is 0. The summed E-state index contributed by atoms with van der Waals surface area (Å²) >= 11 is 0. The highest BCUT2D eigenvalue weighted by atomic mass is 16.4. The molecule has 3 rings (SSSR count). The van der Waals surface area contributed by atoms with E-state index in [9.17, 15) is 4.79 Å². The zero-order valence-corrected chi connectivity index (χ0v) is 11.9. The van der Waals surface area contributed by atoms with Gasteiger partial charge in [-0.2, -0.15) is 0 Å². The predicted molar refractivity (Wildman–Crippen MR) is 85.3 cm³/mol. The second-order valence-electron chi connectivity index (χ2n) is 4.91. The first-order chi connectivity index (χ1) is 10.8. The number of hydrogen-bond donors (Lipinski definition) is 1. The Labute approximate surface area is 128 Å². The number of carbonyl (C=O) groups is 1. The van der Waals surface area contributed by atoms with Crippen molar-refractivity contribution in [1.82, 2.24) is 4.98 Å². The van der Waals surface area contributed by atoms with Gasteiger partial charge in [-0.05, 0) is 23.3 Å². The van der Waals surface area contributed by atoms with E-state index in [4.69, 9.17) is 5.11 Å². The number of nitrogens with zero attached hydrogens (tertiary/aromatic N) is 1. The molecule has 1 N–H and O–H groups in total. The molecule has 0 spiro atoms. The third-order valence-electron chi connectivity index (χ3n) is 3.42. The van der Waals surface area contributed by atoms with Crippen LogP contribution in [-0.2, 0) is 11.2 Å². The largest absolute Gasteiger partial charge is 0.481 e. The molecule has 0 fully saturated rings. The zero-order valence-electron chi connectivity index (χ0n) is 11.9. The predicted octanol–water partition coefficient (Wildman–Crippen LogP) is 3.84. The Morgan fingerprint density at radius 2 is 1.77 bits per heavy atom. The van der Waals surface area contributed by atoms with E-state index in [1.807, 2.05) is 54.6 Å². The molecule has 0 amide bonds. The lowest BCUT2D eigenvalue weighted by Crippen LogP contribution is -2.02. The summed E-state index contributed by atoms with van der Waals surface area (Å²) in [6.45, 7) is 0. The standard InChI is InChI=1S/C19H14NO2/c21-18(22)13-15-9-4-5-10-17(15)19-16(11-6-12-20-19)14-7-2-1-3-8-14/h1-10,12H,13H2,(H,21,22). The van der Waals surface area contributed by atoms with Crippen molar-refractivity contribution in [2.75, 3.05) is 0 Å². The molecule has 0 saturated carbocycles. The van der Waals surface area contributed by atoms with Gasteiger partial charge in [-0.15, -0.1) is 0 Å². The van der Waals surface area contributed by atoms with Crippen LogP contribution < -0.4 is 0 Å². The van der Waals surface area contributed by atoms with Crippen molar-refractivity contribution in [3.63, 3.8) is 0 Å². The third kappa shape index (κ3) is 2.88. The quantitative estimate of drug-likeness (QED) is 0.793. The molecule has 0 aliphatic heterocycles. The molecular weight excluding hydrogens is 274 g/mol. The first kappa shape index (κ1) is 14.0. The average Bonchev–Trinajstić information content (AvgIpc) is 2.56. The minimum Gasteiger partial charge on any atom is -0.481 e. The monoisotopic (exact) mass is 288 g/mol. The number of aromatic nitrogens is 1. The normalized spacial score (nSPS) is 10.4. The van der Waals surface area contributed by atoms with Gasteiger partial charge in [-0.3, -0.25) is 9.78 Å². The first-order valence-electron chi connectivity index (χ1n) is 6.98. The van der Waals surface area contributed by atoms with E-state index in [0.717, 1.165) is 27.9 Å². The maximum atomic E-state index is 11.1. The summed E-state index contributed by atoms with van der Waals surface area (Å²) < 4.78 is 0. The summed E-state index contributed by atoms with van der Waals surface area (Å²) in [6.07, 6.45) is 1.65. The number of carboxylic acids is 1. The van der Waals surface area contributed by atoms with Gasteiger partial charge in [0, 0.05) is 17.3 Å². The van der Waals surface area contributed by atoms with Gasteiger partial charge in [0.2, 0.25) is 0 Å². The Balaban J connectivity index is 2.16. The van der Waals surface area contributed by atoms with E-state index >= 15 is 0 Å². The second-order valence-corrected chi connectivity index (χ2v) is 4.91. The maximum Gasteiger partial charge on any atom is 0.307 e. The summed E-state index contributed by atoms with van der Waals surface area (Å²) in [5.41, 5.74) is 4.22. The van der Waals surface area contributed by atoms with Crippen LogP contribution in [0.25, 0.3) is 22.4 Å². The van der Waals surface area contributed by atoms with Crippen LogP contribution in [0.15, 0.2) is 66.9 Å². The minimum atomic E-state index is -0.853. The van der Waals surface area contributed by atoms with Crippen molar-refractivity contribution in [3.8, 4) is 22.4 Å². The Hall–Kier alpha value is -2.94. The van der Waals surface area contributed by atoms with Crippen molar-refractivity contribution >= 4 is 5.97 Å². The Morgan fingerprint density at radius 1 is 1.05 bits per heavy atom. The number of pyridine rings is 1. The lowest BCUT2D eigenvalue weighted by Gasteiger charge is -2.12. The van der Waals surface area contributed by atoms with Gasteiger partial charge >= 0.3 is 5.97 Å². The van der Waals surface area contributed by atoms with E-state index in [1.165, 1.54) is 0 Å². The lowest BCUT2D eigenvalue weighted by atomic mass is 9.95. The van der Waals surface area contributed by atoms with Crippen molar-refractivity contribution in [2.24, 2.45) is 0 Å². The molecular formula is C19H14NO2. The maximum absolute atomic E-state index is 11.1. The third-order valence-corrected chi connectivity index (χ3v) is 3.42. The molecule has 107 valence electrons. The van der Waals surface area contributed by atoms with E-state index in [1.54, 1.807) is 12.3 Å². The van der Waals surface area contributed by atoms with Crippen molar-refractivity contribution < 1.29 is 9.90 Å². The fraction of sp³-hybridized carbons (Fsp3) is 0.0526. The molecule has 1 heterocycles. The van der Waals surface area contributed by atoms with Crippen LogP contribution in [0, 0.1) is 6.07 Å². The molecule has 0 unspecified atom stereocenters. The fourth-order valence-corrected chi connectivity index (χ4v) is 2.46. The van der Waals surface area contributed by atoms with Crippen molar-refractivity contribution in [1.29, 1.82) is 0 Å².